The number of para-hydroxylation sites is 2. The minimum atomic E-state index is -0.315. The summed E-state index contributed by atoms with van der Waals surface area (Å²) < 4.78 is 0. The average Bonchev–Trinajstić information content (AvgIpc) is 3.13. The Morgan fingerprint density at radius 1 is 1.00 bits per heavy atom. The Hall–Kier alpha value is -4.20. The van der Waals surface area contributed by atoms with Crippen LogP contribution in [0.2, 0.25) is 0 Å². The van der Waals surface area contributed by atoms with Gasteiger partial charge in [-0.3, -0.25) is 10.1 Å². The van der Waals surface area contributed by atoms with Gasteiger partial charge in [0.25, 0.3) is 5.69 Å². The number of allylic oxidation sites excluding steroid dienone is 2. The van der Waals surface area contributed by atoms with Crippen molar-refractivity contribution in [3.8, 4) is 0 Å². The van der Waals surface area contributed by atoms with Crippen molar-refractivity contribution in [1.82, 2.24) is 9.97 Å². The molecule has 2 aromatic carbocycles. The fraction of sp³-hybridized carbons (Fsp3) is 0.259. The molecule has 35 heavy (non-hydrogen) atoms. The lowest BCUT2D eigenvalue weighted by molar-refractivity contribution is -0.384. The molecule has 178 valence electrons. The van der Waals surface area contributed by atoms with E-state index in [1.165, 1.54) is 5.56 Å². The third-order valence-corrected chi connectivity index (χ3v) is 6.48. The van der Waals surface area contributed by atoms with Crippen molar-refractivity contribution in [3.63, 3.8) is 0 Å². The lowest BCUT2D eigenvalue weighted by Crippen LogP contribution is -2.48. The summed E-state index contributed by atoms with van der Waals surface area (Å²) in [7, 11) is 2.04. The Balaban J connectivity index is 1.47. The second kappa shape index (κ2) is 9.58. The van der Waals surface area contributed by atoms with Crippen LogP contribution in [0.15, 0.2) is 60.7 Å². The number of piperazine rings is 1. The molecule has 0 spiro atoms. The van der Waals surface area contributed by atoms with Crippen molar-refractivity contribution < 1.29 is 4.92 Å². The molecular weight excluding hydrogens is 440 g/mol. The number of nitro benzene ring substituents is 1. The molecule has 2 aliphatic rings. The number of hydrogen-bond donors (Lipinski definition) is 0. The highest BCUT2D eigenvalue weighted by atomic mass is 16.6. The molecule has 3 aromatic rings. The maximum atomic E-state index is 11.5. The van der Waals surface area contributed by atoms with Crippen molar-refractivity contribution in [2.24, 2.45) is 0 Å². The summed E-state index contributed by atoms with van der Waals surface area (Å²) in [5.41, 5.74) is 3.07. The first-order valence-corrected chi connectivity index (χ1v) is 11.8. The molecule has 2 heterocycles. The number of aromatic nitrogens is 2. The summed E-state index contributed by atoms with van der Waals surface area (Å²) in [6, 6.07) is 15.3. The summed E-state index contributed by atoms with van der Waals surface area (Å²) in [6.45, 7) is 4.76. The van der Waals surface area contributed by atoms with Gasteiger partial charge in [0, 0.05) is 50.2 Å². The van der Waals surface area contributed by atoms with Crippen molar-refractivity contribution in [3.05, 3.63) is 86.9 Å². The third kappa shape index (κ3) is 4.59. The maximum absolute atomic E-state index is 11.5. The van der Waals surface area contributed by atoms with E-state index in [1.807, 2.05) is 31.3 Å². The molecular formula is C27H28N6O2. The molecule has 8 nitrogen and oxygen atoms in total. The smallest absolute Gasteiger partial charge is 0.292 e. The zero-order chi connectivity index (χ0) is 24.4. The van der Waals surface area contributed by atoms with Crippen molar-refractivity contribution in [2.75, 3.05) is 47.9 Å². The van der Waals surface area contributed by atoms with E-state index in [0.29, 0.717) is 37.8 Å². The van der Waals surface area contributed by atoms with E-state index in [1.54, 1.807) is 12.1 Å². The van der Waals surface area contributed by atoms with Gasteiger partial charge in [-0.2, -0.15) is 4.98 Å². The fourth-order valence-electron chi connectivity index (χ4n) is 4.60. The Labute approximate surface area is 204 Å². The Bertz CT molecular complexity index is 1410. The number of anilines is 4. The maximum Gasteiger partial charge on any atom is 0.292 e. The van der Waals surface area contributed by atoms with Gasteiger partial charge in [-0.15, -0.1) is 0 Å². The molecule has 0 atom stereocenters. The van der Waals surface area contributed by atoms with Crippen LogP contribution in [0, 0.1) is 17.0 Å². The van der Waals surface area contributed by atoms with Crippen molar-refractivity contribution in [2.45, 2.75) is 13.3 Å². The van der Waals surface area contributed by atoms with Gasteiger partial charge < -0.3 is 14.7 Å². The zero-order valence-electron chi connectivity index (χ0n) is 20.0. The lowest BCUT2D eigenvalue weighted by Gasteiger charge is -2.36. The molecule has 1 fully saturated rings. The quantitative estimate of drug-likeness (QED) is 0.420. The predicted octanol–water partition coefficient (Wildman–Crippen LogP) is 3.31. The molecule has 0 unspecified atom stereocenters. The first-order valence-electron chi connectivity index (χ1n) is 11.8. The molecule has 8 heteroatoms. The van der Waals surface area contributed by atoms with Gasteiger partial charge in [-0.25, -0.2) is 4.98 Å². The molecule has 0 amide bonds. The Morgan fingerprint density at radius 2 is 1.77 bits per heavy atom. The number of nitrogens with zero attached hydrogens (tertiary/aromatic N) is 6. The van der Waals surface area contributed by atoms with Crippen molar-refractivity contribution >= 4 is 41.0 Å². The van der Waals surface area contributed by atoms with Gasteiger partial charge in [0.15, 0.2) is 0 Å². The molecule has 0 saturated carbocycles. The number of aryl methyl sites for hydroxylation is 1. The fourth-order valence-corrected chi connectivity index (χ4v) is 4.60. The van der Waals surface area contributed by atoms with Crippen LogP contribution in [-0.4, -0.2) is 48.1 Å². The van der Waals surface area contributed by atoms with E-state index in [9.17, 15) is 10.1 Å². The number of rotatable bonds is 5. The van der Waals surface area contributed by atoms with E-state index in [-0.39, 0.29) is 10.6 Å². The van der Waals surface area contributed by atoms with E-state index in [4.69, 9.17) is 9.97 Å². The van der Waals surface area contributed by atoms with E-state index in [0.717, 1.165) is 28.5 Å². The van der Waals surface area contributed by atoms with Gasteiger partial charge in [0.05, 0.1) is 10.3 Å². The molecule has 1 aliphatic carbocycles. The van der Waals surface area contributed by atoms with Gasteiger partial charge in [-0.1, -0.05) is 42.5 Å². The van der Waals surface area contributed by atoms with Crippen LogP contribution in [0.25, 0.3) is 12.2 Å². The average molecular weight is 469 g/mol. The van der Waals surface area contributed by atoms with Crippen LogP contribution in [0.5, 0.6) is 0 Å². The molecule has 1 aliphatic heterocycles. The highest BCUT2D eigenvalue weighted by Crippen LogP contribution is 2.29. The van der Waals surface area contributed by atoms with Crippen LogP contribution in [0.1, 0.15) is 12.0 Å². The first-order chi connectivity index (χ1) is 17.0. The lowest BCUT2D eigenvalue weighted by atomic mass is 10.2. The largest absolute Gasteiger partial charge is 0.362 e. The van der Waals surface area contributed by atoms with Crippen LogP contribution in [0.3, 0.4) is 0 Å². The zero-order valence-corrected chi connectivity index (χ0v) is 20.0. The van der Waals surface area contributed by atoms with Crippen LogP contribution < -0.4 is 25.3 Å². The minimum absolute atomic E-state index is 0.140. The number of fused-ring (bicyclic) bond motifs is 1. The van der Waals surface area contributed by atoms with Gasteiger partial charge in [0.2, 0.25) is 5.95 Å². The number of nitro groups is 1. The Morgan fingerprint density at radius 3 is 2.54 bits per heavy atom. The topological polar surface area (TPSA) is 78.6 Å². The molecule has 1 saturated heterocycles. The van der Waals surface area contributed by atoms with Crippen molar-refractivity contribution in [1.29, 1.82) is 0 Å². The molecule has 0 N–H and O–H groups in total. The number of benzene rings is 2. The van der Waals surface area contributed by atoms with Gasteiger partial charge in [-0.05, 0) is 43.2 Å². The number of hydrogen-bond acceptors (Lipinski definition) is 7. The standard InChI is InChI=1S/C27H28N6O2/c1-20-9-8-10-21(19-20)30(2)26-22-11-4-3-5-12-23(22)28-27(29-26)32-17-15-31(16-18-32)24-13-6-7-14-25(24)33(34)35/h3,5-14,19H,4,15-18H2,1-2H3. The van der Waals surface area contributed by atoms with Crippen LogP contribution in [0.4, 0.5) is 28.8 Å². The summed E-state index contributed by atoms with van der Waals surface area (Å²) >= 11 is 0. The molecule has 0 bridgehead atoms. The summed E-state index contributed by atoms with van der Waals surface area (Å²) in [6.07, 6.45) is 9.20. The van der Waals surface area contributed by atoms with Gasteiger partial charge >= 0.3 is 0 Å². The minimum Gasteiger partial charge on any atom is -0.362 e. The van der Waals surface area contributed by atoms with E-state index >= 15 is 0 Å². The molecule has 1 aromatic heterocycles. The Kier molecular flexibility index (Phi) is 6.18. The van der Waals surface area contributed by atoms with Gasteiger partial charge in [0.1, 0.15) is 11.5 Å². The predicted molar refractivity (Wildman–Crippen MR) is 141 cm³/mol. The second-order valence-corrected chi connectivity index (χ2v) is 8.80. The second-order valence-electron chi connectivity index (χ2n) is 8.80. The summed E-state index contributed by atoms with van der Waals surface area (Å²) in [5, 5.41) is 13.4. The normalized spacial score (nSPS) is 15.0. The highest BCUT2D eigenvalue weighted by molar-refractivity contribution is 5.65. The first kappa shape index (κ1) is 22.6. The molecule has 5 rings (SSSR count). The van der Waals surface area contributed by atoms with E-state index in [2.05, 4.69) is 58.0 Å². The SMILES string of the molecule is Cc1cccc(N(C)c2nc(N3CCN(c4ccccc4[N+](=O)[O-])CC3)nc3c2=CCC=CC=3)c1. The summed E-state index contributed by atoms with van der Waals surface area (Å²) in [4.78, 5) is 27.5. The third-order valence-electron chi connectivity index (χ3n) is 6.48. The van der Waals surface area contributed by atoms with Crippen LogP contribution >= 0.6 is 0 Å². The van der Waals surface area contributed by atoms with Crippen LogP contribution in [-0.2, 0) is 0 Å². The highest BCUT2D eigenvalue weighted by Gasteiger charge is 2.25. The summed E-state index contributed by atoms with van der Waals surface area (Å²) in [5.74, 6) is 1.55. The van der Waals surface area contributed by atoms with E-state index < -0.39 is 0 Å². The monoisotopic (exact) mass is 468 g/mol. The molecule has 0 radical (unpaired) electrons.